The zero-order chi connectivity index (χ0) is 15.3. The molecule has 0 saturated carbocycles. The molecule has 0 bridgehead atoms. The Bertz CT molecular complexity index is 451. The molecule has 1 aromatic rings. The van der Waals surface area contributed by atoms with E-state index in [1.165, 1.54) is 0 Å². The standard InChI is InChI=1S/C17H26N2O2/c1-3-13(4-2)15(14-8-6-5-7-9-14)19-16(20)17(18)10-11-21-12-17/h5-9,13,15H,3-4,10-12,18H2,1-2H3,(H,19,20). The maximum Gasteiger partial charge on any atom is 0.243 e. The minimum Gasteiger partial charge on any atom is -0.379 e. The van der Waals surface area contributed by atoms with Gasteiger partial charge in [0.05, 0.1) is 12.6 Å². The predicted octanol–water partition coefficient (Wildman–Crippen LogP) is 2.40. The van der Waals surface area contributed by atoms with Crippen LogP contribution >= 0.6 is 0 Å². The van der Waals surface area contributed by atoms with Gasteiger partial charge < -0.3 is 15.8 Å². The lowest BCUT2D eigenvalue weighted by molar-refractivity contribution is -0.127. The summed E-state index contributed by atoms with van der Waals surface area (Å²) < 4.78 is 5.30. The van der Waals surface area contributed by atoms with Crippen molar-refractivity contribution in [1.82, 2.24) is 5.32 Å². The van der Waals surface area contributed by atoms with Gasteiger partial charge in [-0.3, -0.25) is 4.79 Å². The number of nitrogens with two attached hydrogens (primary N) is 1. The van der Waals surface area contributed by atoms with E-state index in [0.717, 1.165) is 18.4 Å². The van der Waals surface area contributed by atoms with Crippen molar-refractivity contribution in [2.24, 2.45) is 11.7 Å². The summed E-state index contributed by atoms with van der Waals surface area (Å²) >= 11 is 0. The lowest BCUT2D eigenvalue weighted by atomic mass is 9.87. The molecule has 2 unspecified atom stereocenters. The van der Waals surface area contributed by atoms with Crippen LogP contribution in [-0.4, -0.2) is 24.7 Å². The van der Waals surface area contributed by atoms with Crippen molar-refractivity contribution < 1.29 is 9.53 Å². The monoisotopic (exact) mass is 290 g/mol. The SMILES string of the molecule is CCC(CC)C(NC(=O)C1(N)CCOC1)c1ccccc1. The van der Waals surface area contributed by atoms with Crippen LogP contribution in [0.5, 0.6) is 0 Å². The molecule has 1 aliphatic rings. The first-order valence-corrected chi connectivity index (χ1v) is 7.83. The molecule has 4 heteroatoms. The van der Waals surface area contributed by atoms with Gasteiger partial charge >= 0.3 is 0 Å². The summed E-state index contributed by atoms with van der Waals surface area (Å²) in [6.07, 6.45) is 2.62. The van der Waals surface area contributed by atoms with Gasteiger partial charge in [-0.05, 0) is 17.9 Å². The van der Waals surface area contributed by atoms with Crippen LogP contribution in [-0.2, 0) is 9.53 Å². The zero-order valence-electron chi connectivity index (χ0n) is 13.0. The Balaban J connectivity index is 2.18. The summed E-state index contributed by atoms with van der Waals surface area (Å²) in [6, 6.07) is 10.1. The number of amides is 1. The Morgan fingerprint density at radius 2 is 2.00 bits per heavy atom. The highest BCUT2D eigenvalue weighted by molar-refractivity contribution is 5.87. The van der Waals surface area contributed by atoms with Gasteiger partial charge in [-0.15, -0.1) is 0 Å². The van der Waals surface area contributed by atoms with Gasteiger partial charge in [0, 0.05) is 6.61 Å². The molecule has 3 N–H and O–H groups in total. The Kier molecular flexibility index (Phi) is 5.37. The first-order chi connectivity index (χ1) is 10.1. The maximum absolute atomic E-state index is 12.6. The molecule has 1 saturated heterocycles. The van der Waals surface area contributed by atoms with E-state index < -0.39 is 5.54 Å². The Hall–Kier alpha value is -1.39. The Morgan fingerprint density at radius 3 is 2.52 bits per heavy atom. The largest absolute Gasteiger partial charge is 0.379 e. The van der Waals surface area contributed by atoms with E-state index >= 15 is 0 Å². The lowest BCUT2D eigenvalue weighted by Crippen LogP contribution is -2.55. The van der Waals surface area contributed by atoms with Crippen molar-refractivity contribution in [3.63, 3.8) is 0 Å². The second kappa shape index (κ2) is 7.05. The molecular formula is C17H26N2O2. The van der Waals surface area contributed by atoms with Crippen LogP contribution in [0.4, 0.5) is 0 Å². The quantitative estimate of drug-likeness (QED) is 0.845. The molecule has 0 spiro atoms. The van der Waals surface area contributed by atoms with Crippen LogP contribution in [0.15, 0.2) is 30.3 Å². The third-order valence-corrected chi connectivity index (χ3v) is 4.47. The number of carbonyl (C=O) groups is 1. The number of hydrogen-bond donors (Lipinski definition) is 2. The van der Waals surface area contributed by atoms with Crippen molar-refractivity contribution in [2.45, 2.75) is 44.7 Å². The minimum atomic E-state index is -0.876. The first-order valence-electron chi connectivity index (χ1n) is 7.83. The molecule has 1 aromatic carbocycles. The van der Waals surface area contributed by atoms with E-state index in [9.17, 15) is 4.79 Å². The van der Waals surface area contributed by atoms with Gasteiger partial charge in [0.25, 0.3) is 0 Å². The third-order valence-electron chi connectivity index (χ3n) is 4.47. The number of rotatable bonds is 6. The molecule has 1 fully saturated rings. The van der Waals surface area contributed by atoms with Crippen LogP contribution in [0.25, 0.3) is 0 Å². The summed E-state index contributed by atoms with van der Waals surface area (Å²) in [5, 5.41) is 3.17. The number of ether oxygens (including phenoxy) is 1. The van der Waals surface area contributed by atoms with Crippen molar-refractivity contribution in [3.05, 3.63) is 35.9 Å². The van der Waals surface area contributed by atoms with E-state index in [0.29, 0.717) is 25.6 Å². The number of carbonyl (C=O) groups excluding carboxylic acids is 1. The minimum absolute atomic E-state index is 0.00900. The highest BCUT2D eigenvalue weighted by atomic mass is 16.5. The van der Waals surface area contributed by atoms with Gasteiger partial charge in [0.15, 0.2) is 0 Å². The molecule has 0 aliphatic carbocycles. The first kappa shape index (κ1) is 16.0. The summed E-state index contributed by atoms with van der Waals surface area (Å²) in [7, 11) is 0. The van der Waals surface area contributed by atoms with Crippen molar-refractivity contribution in [1.29, 1.82) is 0 Å². The molecular weight excluding hydrogens is 264 g/mol. The fourth-order valence-electron chi connectivity index (χ4n) is 2.94. The molecule has 1 aliphatic heterocycles. The Labute approximate surface area is 127 Å². The summed E-state index contributed by atoms with van der Waals surface area (Å²) in [5.41, 5.74) is 6.44. The summed E-state index contributed by atoms with van der Waals surface area (Å²) in [6.45, 7) is 5.19. The molecule has 0 radical (unpaired) electrons. The Morgan fingerprint density at radius 1 is 1.33 bits per heavy atom. The van der Waals surface area contributed by atoms with Crippen LogP contribution in [0.2, 0.25) is 0 Å². The van der Waals surface area contributed by atoms with Crippen molar-refractivity contribution in [3.8, 4) is 0 Å². The number of benzene rings is 1. The maximum atomic E-state index is 12.6. The van der Waals surface area contributed by atoms with Crippen molar-refractivity contribution >= 4 is 5.91 Å². The topological polar surface area (TPSA) is 64.4 Å². The number of nitrogens with one attached hydrogen (secondary N) is 1. The van der Waals surface area contributed by atoms with Crippen LogP contribution in [0.1, 0.15) is 44.7 Å². The molecule has 1 amide bonds. The molecule has 4 nitrogen and oxygen atoms in total. The fraction of sp³-hybridized carbons (Fsp3) is 0.588. The van der Waals surface area contributed by atoms with E-state index in [1.54, 1.807) is 0 Å². The van der Waals surface area contributed by atoms with Crippen molar-refractivity contribution in [2.75, 3.05) is 13.2 Å². The molecule has 2 rings (SSSR count). The molecule has 21 heavy (non-hydrogen) atoms. The second-order valence-corrected chi connectivity index (χ2v) is 5.90. The smallest absolute Gasteiger partial charge is 0.243 e. The van der Waals surface area contributed by atoms with E-state index in [-0.39, 0.29) is 11.9 Å². The lowest BCUT2D eigenvalue weighted by Gasteiger charge is -2.30. The normalized spacial score (nSPS) is 23.2. The molecule has 116 valence electrons. The molecule has 0 aromatic heterocycles. The van der Waals surface area contributed by atoms with Gasteiger partial charge in [-0.25, -0.2) is 0 Å². The zero-order valence-corrected chi connectivity index (χ0v) is 13.0. The average Bonchev–Trinajstić information content (AvgIpc) is 2.96. The highest BCUT2D eigenvalue weighted by Gasteiger charge is 2.39. The fourth-order valence-corrected chi connectivity index (χ4v) is 2.94. The highest BCUT2D eigenvalue weighted by Crippen LogP contribution is 2.28. The van der Waals surface area contributed by atoms with E-state index in [2.05, 4.69) is 31.3 Å². The van der Waals surface area contributed by atoms with Crippen LogP contribution in [0, 0.1) is 5.92 Å². The van der Waals surface area contributed by atoms with E-state index in [4.69, 9.17) is 10.5 Å². The second-order valence-electron chi connectivity index (χ2n) is 5.90. The van der Waals surface area contributed by atoms with Crippen LogP contribution in [0.3, 0.4) is 0 Å². The van der Waals surface area contributed by atoms with Gasteiger partial charge in [-0.1, -0.05) is 57.0 Å². The molecule has 1 heterocycles. The molecule has 2 atom stereocenters. The van der Waals surface area contributed by atoms with Gasteiger partial charge in [0.1, 0.15) is 5.54 Å². The van der Waals surface area contributed by atoms with Gasteiger partial charge in [0.2, 0.25) is 5.91 Å². The summed E-state index contributed by atoms with van der Waals surface area (Å²) in [5.74, 6) is 0.308. The van der Waals surface area contributed by atoms with Crippen LogP contribution < -0.4 is 11.1 Å². The average molecular weight is 290 g/mol. The predicted molar refractivity (Wildman–Crippen MR) is 83.8 cm³/mol. The van der Waals surface area contributed by atoms with Gasteiger partial charge in [-0.2, -0.15) is 0 Å². The summed E-state index contributed by atoms with van der Waals surface area (Å²) in [4.78, 5) is 12.6. The third kappa shape index (κ3) is 3.63. The van der Waals surface area contributed by atoms with E-state index in [1.807, 2.05) is 18.2 Å². The number of hydrogen-bond acceptors (Lipinski definition) is 3.